The van der Waals surface area contributed by atoms with Gasteiger partial charge in [-0.2, -0.15) is 0 Å². The van der Waals surface area contributed by atoms with Crippen LogP contribution in [0.1, 0.15) is 16.1 Å². The number of fused-ring (bicyclic) bond motifs is 1. The molecule has 0 amide bonds. The van der Waals surface area contributed by atoms with Gasteiger partial charge < -0.3 is 5.11 Å². The molecule has 5 nitrogen and oxygen atoms in total. The Balaban J connectivity index is 2.09. The van der Waals surface area contributed by atoms with Crippen molar-refractivity contribution in [3.63, 3.8) is 0 Å². The van der Waals surface area contributed by atoms with Crippen LogP contribution in [0.15, 0.2) is 48.9 Å². The topological polar surface area (TPSA) is 67.5 Å². The Morgan fingerprint density at radius 2 is 1.94 bits per heavy atom. The molecule has 5 heteroatoms. The van der Waals surface area contributed by atoms with Gasteiger partial charge >= 0.3 is 0 Å². The highest BCUT2D eigenvalue weighted by Crippen LogP contribution is 2.14. The first-order valence-electron chi connectivity index (χ1n) is 5.37. The van der Waals surface area contributed by atoms with Gasteiger partial charge in [-0.25, -0.2) is 9.97 Å². The molecule has 0 radical (unpaired) electrons. The van der Waals surface area contributed by atoms with Gasteiger partial charge in [-0.1, -0.05) is 0 Å². The summed E-state index contributed by atoms with van der Waals surface area (Å²) in [4.78, 5) is 20.4. The molecule has 0 bridgehead atoms. The van der Waals surface area contributed by atoms with Gasteiger partial charge in [0.2, 0.25) is 11.6 Å². The first kappa shape index (κ1) is 10.5. The fourth-order valence-electron chi connectivity index (χ4n) is 1.76. The van der Waals surface area contributed by atoms with E-state index in [0.29, 0.717) is 17.0 Å². The molecular weight excluding hydrogens is 230 g/mol. The number of nitrogens with zero attached hydrogens (tertiary/aromatic N) is 3. The largest absolute Gasteiger partial charge is 0.508 e. The Kier molecular flexibility index (Phi) is 2.30. The molecule has 18 heavy (non-hydrogen) atoms. The maximum atomic E-state index is 12.3. The Labute approximate surface area is 102 Å². The van der Waals surface area contributed by atoms with Gasteiger partial charge in [0.25, 0.3) is 0 Å². The summed E-state index contributed by atoms with van der Waals surface area (Å²) in [6.07, 6.45) is 4.86. The lowest BCUT2D eigenvalue weighted by molar-refractivity contribution is 0.103. The van der Waals surface area contributed by atoms with E-state index in [4.69, 9.17) is 0 Å². The van der Waals surface area contributed by atoms with Crippen LogP contribution in [0.3, 0.4) is 0 Å². The molecule has 3 aromatic rings. The molecule has 0 unspecified atom stereocenters. The van der Waals surface area contributed by atoms with E-state index < -0.39 is 0 Å². The molecule has 0 aliphatic heterocycles. The zero-order valence-electron chi connectivity index (χ0n) is 9.32. The first-order valence-corrected chi connectivity index (χ1v) is 5.37. The summed E-state index contributed by atoms with van der Waals surface area (Å²) >= 11 is 0. The molecule has 0 atom stereocenters. The SMILES string of the molecule is O=C(c1ccc(O)cc1)c1cnc2ncccn12. The van der Waals surface area contributed by atoms with Gasteiger partial charge in [0.05, 0.1) is 6.20 Å². The predicted molar refractivity (Wildman–Crippen MR) is 64.5 cm³/mol. The highest BCUT2D eigenvalue weighted by molar-refractivity contribution is 6.08. The highest BCUT2D eigenvalue weighted by atomic mass is 16.3. The number of ketones is 1. The van der Waals surface area contributed by atoms with Gasteiger partial charge in [0.1, 0.15) is 11.4 Å². The van der Waals surface area contributed by atoms with Crippen LogP contribution in [0.2, 0.25) is 0 Å². The number of hydrogen-bond acceptors (Lipinski definition) is 4. The number of hydrogen-bond donors (Lipinski definition) is 1. The van der Waals surface area contributed by atoms with Crippen molar-refractivity contribution < 1.29 is 9.90 Å². The van der Waals surface area contributed by atoms with Crippen molar-refractivity contribution >= 4 is 11.6 Å². The molecule has 0 saturated heterocycles. The minimum absolute atomic E-state index is 0.131. The first-order chi connectivity index (χ1) is 8.75. The molecule has 0 fully saturated rings. The smallest absolute Gasteiger partial charge is 0.234 e. The zero-order valence-corrected chi connectivity index (χ0v) is 9.32. The lowest BCUT2D eigenvalue weighted by Gasteiger charge is -2.01. The molecule has 0 saturated carbocycles. The van der Waals surface area contributed by atoms with Gasteiger partial charge in [-0.3, -0.25) is 9.20 Å². The van der Waals surface area contributed by atoms with Crippen LogP contribution in [0, 0.1) is 0 Å². The highest BCUT2D eigenvalue weighted by Gasteiger charge is 2.14. The molecular formula is C13H9N3O2. The second kappa shape index (κ2) is 3.96. The molecule has 3 rings (SSSR count). The average molecular weight is 239 g/mol. The van der Waals surface area contributed by atoms with Crippen LogP contribution in [0.4, 0.5) is 0 Å². The van der Waals surface area contributed by atoms with Crippen LogP contribution in [0.5, 0.6) is 5.75 Å². The molecule has 88 valence electrons. The van der Waals surface area contributed by atoms with Crippen LogP contribution in [-0.4, -0.2) is 25.3 Å². The van der Waals surface area contributed by atoms with Crippen molar-refractivity contribution in [2.24, 2.45) is 0 Å². The second-order valence-electron chi connectivity index (χ2n) is 3.81. The van der Waals surface area contributed by atoms with Gasteiger partial charge in [0.15, 0.2) is 0 Å². The summed E-state index contributed by atoms with van der Waals surface area (Å²) in [7, 11) is 0. The number of aromatic nitrogens is 3. The molecule has 0 aliphatic rings. The summed E-state index contributed by atoms with van der Waals surface area (Å²) in [5.41, 5.74) is 0.947. The van der Waals surface area contributed by atoms with Gasteiger partial charge in [-0.15, -0.1) is 0 Å². The van der Waals surface area contributed by atoms with Crippen molar-refractivity contribution in [1.82, 2.24) is 14.4 Å². The third-order valence-corrected chi connectivity index (χ3v) is 2.65. The van der Waals surface area contributed by atoms with E-state index in [0.717, 1.165) is 0 Å². The summed E-state index contributed by atoms with van der Waals surface area (Å²) in [5, 5.41) is 9.20. The van der Waals surface area contributed by atoms with Crippen molar-refractivity contribution in [3.05, 3.63) is 60.2 Å². The van der Waals surface area contributed by atoms with E-state index >= 15 is 0 Å². The summed E-state index contributed by atoms with van der Waals surface area (Å²) in [5.74, 6) is 0.460. The Bertz CT molecular complexity index is 716. The minimum Gasteiger partial charge on any atom is -0.508 e. The number of benzene rings is 1. The number of imidazole rings is 1. The Hall–Kier alpha value is -2.69. The monoisotopic (exact) mass is 239 g/mol. The van der Waals surface area contributed by atoms with Crippen LogP contribution in [-0.2, 0) is 0 Å². The number of carbonyl (C=O) groups excluding carboxylic acids is 1. The van der Waals surface area contributed by atoms with E-state index in [1.807, 2.05) is 0 Å². The Morgan fingerprint density at radius 3 is 2.72 bits per heavy atom. The zero-order chi connectivity index (χ0) is 12.5. The van der Waals surface area contributed by atoms with Crippen LogP contribution < -0.4 is 0 Å². The van der Waals surface area contributed by atoms with Crippen molar-refractivity contribution in [1.29, 1.82) is 0 Å². The van der Waals surface area contributed by atoms with Crippen molar-refractivity contribution in [2.75, 3.05) is 0 Å². The molecule has 2 aromatic heterocycles. The molecule has 0 spiro atoms. The maximum Gasteiger partial charge on any atom is 0.234 e. The summed E-state index contributed by atoms with van der Waals surface area (Å²) in [6.45, 7) is 0. The molecule has 2 heterocycles. The van der Waals surface area contributed by atoms with E-state index in [9.17, 15) is 9.90 Å². The third-order valence-electron chi connectivity index (χ3n) is 2.65. The Morgan fingerprint density at radius 1 is 1.17 bits per heavy atom. The second-order valence-corrected chi connectivity index (χ2v) is 3.81. The third kappa shape index (κ3) is 1.62. The van der Waals surface area contributed by atoms with E-state index in [2.05, 4.69) is 9.97 Å². The van der Waals surface area contributed by atoms with E-state index in [-0.39, 0.29) is 11.5 Å². The fourth-order valence-corrected chi connectivity index (χ4v) is 1.76. The number of aromatic hydroxyl groups is 1. The van der Waals surface area contributed by atoms with Gasteiger partial charge in [-0.05, 0) is 30.3 Å². The van der Waals surface area contributed by atoms with Crippen LogP contribution >= 0.6 is 0 Å². The molecule has 1 N–H and O–H groups in total. The summed E-state index contributed by atoms with van der Waals surface area (Å²) < 4.78 is 1.63. The maximum absolute atomic E-state index is 12.3. The molecule has 0 aliphatic carbocycles. The minimum atomic E-state index is -0.157. The van der Waals surface area contributed by atoms with Crippen molar-refractivity contribution in [2.45, 2.75) is 0 Å². The normalized spacial score (nSPS) is 10.7. The standard InChI is InChI=1S/C13H9N3O2/c17-10-4-2-9(3-5-10)12(18)11-8-15-13-14-6-1-7-16(11)13/h1-8,17H. The quantitative estimate of drug-likeness (QED) is 0.691. The van der Waals surface area contributed by atoms with E-state index in [1.54, 1.807) is 35.0 Å². The predicted octanol–water partition coefficient (Wildman–Crippen LogP) is 1.67. The number of rotatable bonds is 2. The van der Waals surface area contributed by atoms with Crippen molar-refractivity contribution in [3.8, 4) is 5.75 Å². The lowest BCUT2D eigenvalue weighted by Crippen LogP contribution is -2.05. The molecule has 1 aromatic carbocycles. The number of carbonyl (C=O) groups is 1. The average Bonchev–Trinajstić information content (AvgIpc) is 2.82. The van der Waals surface area contributed by atoms with Crippen LogP contribution in [0.25, 0.3) is 5.78 Å². The summed E-state index contributed by atoms with van der Waals surface area (Å²) in [6, 6.07) is 7.85. The van der Waals surface area contributed by atoms with Gasteiger partial charge in [0, 0.05) is 18.0 Å². The van der Waals surface area contributed by atoms with E-state index in [1.165, 1.54) is 18.3 Å². The lowest BCUT2D eigenvalue weighted by atomic mass is 10.1. The number of phenolic OH excluding ortho intramolecular Hbond substituents is 1. The number of phenols is 1. The fraction of sp³-hybridized carbons (Fsp3) is 0.